The molecule has 0 aliphatic carbocycles. The van der Waals surface area contributed by atoms with Crippen LogP contribution in [0, 0.1) is 0 Å². The molecule has 4 heteroatoms. The maximum atomic E-state index is 12.5. The predicted molar refractivity (Wildman–Crippen MR) is 82.3 cm³/mol. The lowest BCUT2D eigenvalue weighted by Crippen LogP contribution is -2.66. The SMILES string of the molecule is CC(C)N1CCCC2(C1)SCCC(=O)N2C(C)(C)C. The van der Waals surface area contributed by atoms with E-state index in [0.717, 1.165) is 18.7 Å². The summed E-state index contributed by atoms with van der Waals surface area (Å²) in [4.78, 5) is 17.2. The molecule has 1 amide bonds. The summed E-state index contributed by atoms with van der Waals surface area (Å²) in [6.07, 6.45) is 3.04. The molecule has 0 radical (unpaired) electrons. The first-order valence-electron chi connectivity index (χ1n) is 7.47. The van der Waals surface area contributed by atoms with Gasteiger partial charge in [0.15, 0.2) is 0 Å². The monoisotopic (exact) mass is 284 g/mol. The van der Waals surface area contributed by atoms with Crippen molar-refractivity contribution < 1.29 is 4.79 Å². The van der Waals surface area contributed by atoms with E-state index < -0.39 is 0 Å². The molecule has 2 rings (SSSR count). The van der Waals surface area contributed by atoms with Gasteiger partial charge in [-0.25, -0.2) is 0 Å². The second kappa shape index (κ2) is 5.28. The Bertz CT molecular complexity index is 347. The number of likely N-dealkylation sites (tertiary alicyclic amines) is 1. The maximum Gasteiger partial charge on any atom is 0.224 e. The van der Waals surface area contributed by atoms with Crippen molar-refractivity contribution in [3.63, 3.8) is 0 Å². The molecule has 0 bridgehead atoms. The summed E-state index contributed by atoms with van der Waals surface area (Å²) in [5.41, 5.74) is -0.0789. The summed E-state index contributed by atoms with van der Waals surface area (Å²) in [5, 5.41) is 0. The average molecular weight is 284 g/mol. The van der Waals surface area contributed by atoms with E-state index in [-0.39, 0.29) is 10.4 Å². The van der Waals surface area contributed by atoms with Gasteiger partial charge in [-0.05, 0) is 54.0 Å². The summed E-state index contributed by atoms with van der Waals surface area (Å²) in [7, 11) is 0. The van der Waals surface area contributed by atoms with Crippen molar-refractivity contribution in [3.05, 3.63) is 0 Å². The van der Waals surface area contributed by atoms with Gasteiger partial charge < -0.3 is 4.90 Å². The van der Waals surface area contributed by atoms with E-state index >= 15 is 0 Å². The normalized spacial score (nSPS) is 30.4. The van der Waals surface area contributed by atoms with Crippen molar-refractivity contribution in [3.8, 4) is 0 Å². The lowest BCUT2D eigenvalue weighted by atomic mass is 9.94. The van der Waals surface area contributed by atoms with E-state index in [1.54, 1.807) is 0 Å². The molecule has 2 fully saturated rings. The van der Waals surface area contributed by atoms with Crippen molar-refractivity contribution in [2.24, 2.45) is 0 Å². The molecule has 1 spiro atoms. The van der Waals surface area contributed by atoms with Crippen molar-refractivity contribution >= 4 is 17.7 Å². The maximum absolute atomic E-state index is 12.5. The quantitative estimate of drug-likeness (QED) is 0.739. The molecule has 2 aliphatic rings. The predicted octanol–water partition coefficient (Wildman–Crippen LogP) is 2.95. The van der Waals surface area contributed by atoms with Crippen LogP contribution in [0.5, 0.6) is 0 Å². The Morgan fingerprint density at radius 2 is 2.00 bits per heavy atom. The lowest BCUT2D eigenvalue weighted by molar-refractivity contribution is -0.143. The molecular weight excluding hydrogens is 256 g/mol. The first-order chi connectivity index (χ1) is 8.76. The van der Waals surface area contributed by atoms with E-state index in [0.29, 0.717) is 18.4 Å². The van der Waals surface area contributed by atoms with Gasteiger partial charge in [0.2, 0.25) is 5.91 Å². The molecule has 0 aromatic carbocycles. The Morgan fingerprint density at radius 1 is 1.32 bits per heavy atom. The van der Waals surface area contributed by atoms with Crippen molar-refractivity contribution in [2.45, 2.75) is 70.3 Å². The number of hydrogen-bond donors (Lipinski definition) is 0. The highest BCUT2D eigenvalue weighted by molar-refractivity contribution is 8.00. The zero-order valence-corrected chi connectivity index (χ0v) is 13.8. The average Bonchev–Trinajstić information content (AvgIpc) is 2.26. The van der Waals surface area contributed by atoms with Gasteiger partial charge in [-0.15, -0.1) is 11.8 Å². The first kappa shape index (κ1) is 15.2. The van der Waals surface area contributed by atoms with Crippen LogP contribution in [0.4, 0.5) is 0 Å². The van der Waals surface area contributed by atoms with E-state index in [4.69, 9.17) is 0 Å². The van der Waals surface area contributed by atoms with E-state index in [1.165, 1.54) is 13.0 Å². The van der Waals surface area contributed by atoms with Crippen LogP contribution in [0.25, 0.3) is 0 Å². The van der Waals surface area contributed by atoms with Gasteiger partial charge in [0.25, 0.3) is 0 Å². The largest absolute Gasteiger partial charge is 0.322 e. The molecule has 0 saturated carbocycles. The highest BCUT2D eigenvalue weighted by Gasteiger charge is 2.50. The molecule has 19 heavy (non-hydrogen) atoms. The van der Waals surface area contributed by atoms with Crippen LogP contribution in [-0.2, 0) is 4.79 Å². The standard InChI is InChI=1S/C15H28N2OS/c1-12(2)16-9-6-8-15(11-16)17(14(3,4)5)13(18)7-10-19-15/h12H,6-11H2,1-5H3. The van der Waals surface area contributed by atoms with Crippen LogP contribution < -0.4 is 0 Å². The van der Waals surface area contributed by atoms with Crippen LogP contribution in [-0.4, -0.2) is 51.0 Å². The third kappa shape index (κ3) is 2.94. The van der Waals surface area contributed by atoms with Gasteiger partial charge in [-0.1, -0.05) is 0 Å². The minimum absolute atomic E-state index is 0.0100. The molecular formula is C15H28N2OS. The second-order valence-electron chi connectivity index (χ2n) is 7.11. The van der Waals surface area contributed by atoms with Crippen molar-refractivity contribution in [2.75, 3.05) is 18.8 Å². The van der Waals surface area contributed by atoms with E-state index in [9.17, 15) is 4.79 Å². The number of amides is 1. The highest BCUT2D eigenvalue weighted by atomic mass is 32.2. The summed E-state index contributed by atoms with van der Waals surface area (Å²) >= 11 is 2.01. The number of carbonyl (C=O) groups excluding carboxylic acids is 1. The highest BCUT2D eigenvalue weighted by Crippen LogP contribution is 2.45. The number of rotatable bonds is 1. The molecule has 1 unspecified atom stereocenters. The molecule has 1 atom stereocenters. The van der Waals surface area contributed by atoms with Gasteiger partial charge in [0.05, 0.1) is 0 Å². The van der Waals surface area contributed by atoms with Crippen molar-refractivity contribution in [1.82, 2.24) is 9.80 Å². The zero-order valence-electron chi connectivity index (χ0n) is 13.0. The van der Waals surface area contributed by atoms with Crippen LogP contribution in [0.1, 0.15) is 53.9 Å². The molecule has 0 N–H and O–H groups in total. The van der Waals surface area contributed by atoms with Gasteiger partial charge >= 0.3 is 0 Å². The molecule has 2 heterocycles. The molecule has 3 nitrogen and oxygen atoms in total. The lowest BCUT2D eigenvalue weighted by Gasteiger charge is -2.56. The van der Waals surface area contributed by atoms with Gasteiger partial charge in [0, 0.05) is 30.3 Å². The van der Waals surface area contributed by atoms with Crippen LogP contribution in [0.3, 0.4) is 0 Å². The van der Waals surface area contributed by atoms with E-state index in [2.05, 4.69) is 44.4 Å². The van der Waals surface area contributed by atoms with Crippen LogP contribution in [0.2, 0.25) is 0 Å². The number of carbonyl (C=O) groups is 1. The van der Waals surface area contributed by atoms with Gasteiger partial charge in [0.1, 0.15) is 4.87 Å². The van der Waals surface area contributed by atoms with Crippen molar-refractivity contribution in [1.29, 1.82) is 0 Å². The number of thioether (sulfide) groups is 1. The third-order valence-corrected chi connectivity index (χ3v) is 5.67. The van der Waals surface area contributed by atoms with Crippen LogP contribution >= 0.6 is 11.8 Å². The minimum atomic E-state index is -0.0789. The molecule has 110 valence electrons. The van der Waals surface area contributed by atoms with Gasteiger partial charge in [-0.2, -0.15) is 0 Å². The van der Waals surface area contributed by atoms with Crippen LogP contribution in [0.15, 0.2) is 0 Å². The molecule has 0 aromatic heterocycles. The summed E-state index contributed by atoms with van der Waals surface area (Å²) in [6.45, 7) is 13.2. The number of piperidine rings is 1. The zero-order chi connectivity index (χ0) is 14.3. The van der Waals surface area contributed by atoms with Gasteiger partial charge in [-0.3, -0.25) is 9.69 Å². The Morgan fingerprint density at radius 3 is 2.58 bits per heavy atom. The topological polar surface area (TPSA) is 23.6 Å². The summed E-state index contributed by atoms with van der Waals surface area (Å²) in [5.74, 6) is 1.33. The fourth-order valence-electron chi connectivity index (χ4n) is 3.49. The fourth-order valence-corrected chi connectivity index (χ4v) is 5.20. The fraction of sp³-hybridized carbons (Fsp3) is 0.933. The third-order valence-electron chi connectivity index (χ3n) is 4.21. The molecule has 2 saturated heterocycles. The Kier molecular flexibility index (Phi) is 4.22. The van der Waals surface area contributed by atoms with E-state index in [1.807, 2.05) is 11.8 Å². The second-order valence-corrected chi connectivity index (χ2v) is 8.57. The Balaban J connectivity index is 2.29. The summed E-state index contributed by atoms with van der Waals surface area (Å²) < 4.78 is 0. The number of nitrogens with zero attached hydrogens (tertiary/aromatic N) is 2. The molecule has 0 aromatic rings. The summed E-state index contributed by atoms with van der Waals surface area (Å²) in [6, 6.07) is 0.566. The first-order valence-corrected chi connectivity index (χ1v) is 8.46. The smallest absolute Gasteiger partial charge is 0.224 e. The Labute approximate surface area is 122 Å². The number of hydrogen-bond acceptors (Lipinski definition) is 3. The Hall–Kier alpha value is -0.220. The minimum Gasteiger partial charge on any atom is -0.322 e. The molecule has 2 aliphatic heterocycles.